The van der Waals surface area contributed by atoms with Gasteiger partial charge in [-0.05, 0) is 24.5 Å². The summed E-state index contributed by atoms with van der Waals surface area (Å²) in [5, 5.41) is 0.411. The summed E-state index contributed by atoms with van der Waals surface area (Å²) in [6.07, 6.45) is 1.40. The van der Waals surface area contributed by atoms with E-state index in [0.29, 0.717) is 36.5 Å². The van der Waals surface area contributed by atoms with E-state index in [1.54, 1.807) is 47.4 Å². The minimum absolute atomic E-state index is 0.0564. The highest BCUT2D eigenvalue weighted by molar-refractivity contribution is 7.94. The topological polar surface area (TPSA) is 83.6 Å². The minimum atomic E-state index is -4.29. The van der Waals surface area contributed by atoms with E-state index in [2.05, 4.69) is 4.72 Å². The Morgan fingerprint density at radius 1 is 0.871 bits per heavy atom. The Hall–Kier alpha value is -2.48. The molecule has 1 N–H and O–H groups in total. The first-order valence-electron chi connectivity index (χ1n) is 10.2. The van der Waals surface area contributed by atoms with Crippen LogP contribution in [0, 0.1) is 0 Å². The Balaban J connectivity index is 2.12. The monoisotopic (exact) mass is 460 g/mol. The van der Waals surface area contributed by atoms with E-state index >= 15 is 0 Å². The van der Waals surface area contributed by atoms with Crippen molar-refractivity contribution in [2.24, 2.45) is 0 Å². The second kappa shape index (κ2) is 9.77. The number of hydrogen-bond acceptors (Lipinski definition) is 5. The molecule has 0 radical (unpaired) electrons. The second-order valence-corrected chi connectivity index (χ2v) is 9.40. The molecule has 1 aliphatic carbocycles. The van der Waals surface area contributed by atoms with Gasteiger partial charge in [0, 0.05) is 35.8 Å². The van der Waals surface area contributed by atoms with Gasteiger partial charge in [0.15, 0.2) is 4.91 Å². The Bertz CT molecular complexity index is 1140. The molecule has 2 aromatic carbocycles. The van der Waals surface area contributed by atoms with Crippen molar-refractivity contribution in [1.29, 1.82) is 0 Å². The van der Waals surface area contributed by atoms with Crippen molar-refractivity contribution in [2.75, 3.05) is 13.1 Å². The molecule has 0 fully saturated rings. The summed E-state index contributed by atoms with van der Waals surface area (Å²) in [6, 6.07) is 13.2. The largest absolute Gasteiger partial charge is 0.367 e. The van der Waals surface area contributed by atoms with Gasteiger partial charge in [0.1, 0.15) is 5.70 Å². The number of carbonyl (C=O) groups is 2. The van der Waals surface area contributed by atoms with Gasteiger partial charge in [0.05, 0.1) is 0 Å². The van der Waals surface area contributed by atoms with E-state index in [1.165, 1.54) is 6.07 Å². The van der Waals surface area contributed by atoms with E-state index < -0.39 is 26.5 Å². The molecular weight excluding hydrogens is 436 g/mol. The molecule has 1 aliphatic rings. The normalized spacial score (nSPS) is 14.0. The summed E-state index contributed by atoms with van der Waals surface area (Å²) in [5.74, 6) is -1.12. The number of halogens is 1. The van der Waals surface area contributed by atoms with Gasteiger partial charge < -0.3 is 4.90 Å². The number of allylic oxidation sites excluding steroid dienone is 2. The minimum Gasteiger partial charge on any atom is -0.367 e. The van der Waals surface area contributed by atoms with Crippen molar-refractivity contribution in [2.45, 2.75) is 33.2 Å². The van der Waals surface area contributed by atoms with Crippen LogP contribution < -0.4 is 4.72 Å². The average molecular weight is 461 g/mol. The van der Waals surface area contributed by atoms with Gasteiger partial charge in [0.2, 0.25) is 21.6 Å². The molecule has 3 rings (SSSR count). The molecule has 0 aliphatic heterocycles. The molecule has 0 aromatic heterocycles. The molecule has 0 bridgehead atoms. The van der Waals surface area contributed by atoms with Gasteiger partial charge in [-0.1, -0.05) is 67.9 Å². The Kier molecular flexibility index (Phi) is 7.30. The molecule has 6 nitrogen and oxygen atoms in total. The number of fused-ring (bicyclic) bond motifs is 1. The van der Waals surface area contributed by atoms with E-state index in [-0.39, 0.29) is 23.4 Å². The van der Waals surface area contributed by atoms with Gasteiger partial charge in [-0.3, -0.25) is 9.59 Å². The van der Waals surface area contributed by atoms with Crippen LogP contribution in [0.1, 0.15) is 53.0 Å². The van der Waals surface area contributed by atoms with Crippen LogP contribution in [0.2, 0.25) is 5.02 Å². The van der Waals surface area contributed by atoms with Gasteiger partial charge in [-0.25, -0.2) is 13.1 Å². The van der Waals surface area contributed by atoms with E-state index in [0.717, 1.165) is 0 Å². The zero-order valence-electron chi connectivity index (χ0n) is 17.5. The van der Waals surface area contributed by atoms with Crippen LogP contribution in [0.15, 0.2) is 59.1 Å². The van der Waals surface area contributed by atoms with Crippen LogP contribution in [0.25, 0.3) is 0 Å². The van der Waals surface area contributed by atoms with E-state index in [9.17, 15) is 18.0 Å². The molecule has 164 valence electrons. The summed E-state index contributed by atoms with van der Waals surface area (Å²) >= 11 is 6.14. The van der Waals surface area contributed by atoms with Crippen molar-refractivity contribution >= 4 is 33.2 Å². The first-order chi connectivity index (χ1) is 14.8. The number of carbonyl (C=O) groups excluding carboxylic acids is 2. The maximum Gasteiger partial charge on any atom is 0.247 e. The lowest BCUT2D eigenvalue weighted by molar-refractivity contribution is 0.0946. The SMILES string of the molecule is CCCN(CCC)C1=C(S(=O)(=O)NCc2ccccc2Cl)C(=O)c2ccccc2C1=O. The predicted molar refractivity (Wildman–Crippen MR) is 121 cm³/mol. The first-order valence-corrected chi connectivity index (χ1v) is 12.1. The number of sulfonamides is 1. The highest BCUT2D eigenvalue weighted by Crippen LogP contribution is 2.31. The van der Waals surface area contributed by atoms with Gasteiger partial charge in [-0.15, -0.1) is 0 Å². The van der Waals surface area contributed by atoms with Gasteiger partial charge >= 0.3 is 0 Å². The van der Waals surface area contributed by atoms with E-state index in [1.807, 2.05) is 13.8 Å². The Labute approximate surface area is 188 Å². The summed E-state index contributed by atoms with van der Waals surface area (Å²) in [6.45, 7) is 4.72. The van der Waals surface area contributed by atoms with Crippen LogP contribution in [-0.2, 0) is 16.6 Å². The maximum absolute atomic E-state index is 13.4. The fourth-order valence-corrected chi connectivity index (χ4v) is 5.16. The van der Waals surface area contributed by atoms with Gasteiger partial charge in [0.25, 0.3) is 0 Å². The third-order valence-corrected chi connectivity index (χ3v) is 6.84. The lowest BCUT2D eigenvalue weighted by atomic mass is 9.91. The fourth-order valence-electron chi connectivity index (χ4n) is 3.64. The average Bonchev–Trinajstić information content (AvgIpc) is 2.75. The third kappa shape index (κ3) is 4.74. The number of nitrogens with one attached hydrogen (secondary N) is 1. The highest BCUT2D eigenvalue weighted by atomic mass is 35.5. The van der Waals surface area contributed by atoms with Crippen LogP contribution in [0.5, 0.6) is 0 Å². The van der Waals surface area contributed by atoms with Crippen LogP contribution >= 0.6 is 11.6 Å². The number of nitrogens with zero attached hydrogens (tertiary/aromatic N) is 1. The molecular formula is C23H25ClN2O4S. The van der Waals surface area contributed by atoms with Crippen molar-refractivity contribution in [3.05, 3.63) is 80.8 Å². The number of ketones is 2. The predicted octanol–water partition coefficient (Wildman–Crippen LogP) is 4.17. The molecule has 8 heteroatoms. The number of rotatable bonds is 9. The molecule has 0 saturated carbocycles. The molecule has 0 atom stereocenters. The van der Waals surface area contributed by atoms with Crippen molar-refractivity contribution < 1.29 is 18.0 Å². The summed E-state index contributed by atoms with van der Waals surface area (Å²) in [4.78, 5) is 27.9. The molecule has 0 spiro atoms. The smallest absolute Gasteiger partial charge is 0.247 e. The fraction of sp³-hybridized carbons (Fsp3) is 0.304. The molecule has 0 heterocycles. The number of benzene rings is 2. The van der Waals surface area contributed by atoms with Crippen molar-refractivity contribution in [1.82, 2.24) is 9.62 Å². The summed E-state index contributed by atoms with van der Waals surface area (Å²) < 4.78 is 29.2. The molecule has 0 unspecified atom stereocenters. The number of Topliss-reactive ketones (excluding diaryl/α,β-unsaturated/α-hetero) is 2. The molecule has 0 amide bonds. The highest BCUT2D eigenvalue weighted by Gasteiger charge is 2.41. The Morgan fingerprint density at radius 2 is 1.42 bits per heavy atom. The van der Waals surface area contributed by atoms with E-state index in [4.69, 9.17) is 11.6 Å². The standard InChI is InChI=1S/C23H25ClN2O4S/c1-3-13-26(14-4-2)20-21(27)17-10-6-7-11-18(17)22(28)23(20)31(29,30)25-15-16-9-5-8-12-19(16)24/h5-12,25H,3-4,13-15H2,1-2H3. The van der Waals surface area contributed by atoms with Crippen molar-refractivity contribution in [3.8, 4) is 0 Å². The van der Waals surface area contributed by atoms with Crippen molar-refractivity contribution in [3.63, 3.8) is 0 Å². The number of hydrogen-bond donors (Lipinski definition) is 1. The lowest BCUT2D eigenvalue weighted by Crippen LogP contribution is -2.40. The van der Waals surface area contributed by atoms with Crippen LogP contribution in [0.3, 0.4) is 0 Å². The zero-order chi connectivity index (χ0) is 22.6. The van der Waals surface area contributed by atoms with Crippen LogP contribution in [0.4, 0.5) is 0 Å². The quantitative estimate of drug-likeness (QED) is 0.607. The Morgan fingerprint density at radius 3 is 2.00 bits per heavy atom. The second-order valence-electron chi connectivity index (χ2n) is 7.28. The zero-order valence-corrected chi connectivity index (χ0v) is 19.1. The third-order valence-electron chi connectivity index (χ3n) is 5.04. The van der Waals surface area contributed by atoms with Gasteiger partial charge in [-0.2, -0.15) is 0 Å². The summed E-state index contributed by atoms with van der Waals surface area (Å²) in [7, 11) is -4.29. The lowest BCUT2D eigenvalue weighted by Gasteiger charge is -2.30. The molecule has 31 heavy (non-hydrogen) atoms. The molecule has 2 aromatic rings. The molecule has 0 saturated heterocycles. The summed E-state index contributed by atoms with van der Waals surface area (Å²) in [5.41, 5.74) is 0.843. The maximum atomic E-state index is 13.4. The van der Waals surface area contributed by atoms with Crippen LogP contribution in [-0.4, -0.2) is 38.0 Å². The first kappa shape index (κ1) is 23.2.